The normalized spacial score (nSPS) is 14.1. The molecule has 0 radical (unpaired) electrons. The molecule has 2 heterocycles. The maximum absolute atomic E-state index is 14.4. The molecule has 0 unspecified atom stereocenters. The van der Waals surface area contributed by atoms with Gasteiger partial charge in [0, 0.05) is 55.3 Å². The number of aryl methyl sites for hydroxylation is 1. The van der Waals surface area contributed by atoms with Crippen molar-refractivity contribution in [3.63, 3.8) is 0 Å². The fraction of sp³-hybridized carbons (Fsp3) is 0.346. The SMILES string of the molecule is Cc1nc(C(C)C)nc(N2CCN(C(=O)c3ccc(F)cc3)CC2)c1Cc1ccccc1F. The molecule has 0 aliphatic carbocycles. The van der Waals surface area contributed by atoms with E-state index in [-0.39, 0.29) is 23.5 Å². The van der Waals surface area contributed by atoms with Crippen LogP contribution in [0.15, 0.2) is 48.5 Å². The number of anilines is 1. The summed E-state index contributed by atoms with van der Waals surface area (Å²) in [5, 5.41) is 0. The van der Waals surface area contributed by atoms with Gasteiger partial charge < -0.3 is 9.80 Å². The highest BCUT2D eigenvalue weighted by molar-refractivity contribution is 5.94. The lowest BCUT2D eigenvalue weighted by molar-refractivity contribution is 0.0746. The average Bonchev–Trinajstić information content (AvgIpc) is 2.81. The summed E-state index contributed by atoms with van der Waals surface area (Å²) in [5.74, 6) is 1.01. The Labute approximate surface area is 193 Å². The Morgan fingerprint density at radius 2 is 1.64 bits per heavy atom. The van der Waals surface area contributed by atoms with Gasteiger partial charge in [-0.3, -0.25) is 4.79 Å². The molecule has 1 amide bonds. The van der Waals surface area contributed by atoms with Gasteiger partial charge in [-0.15, -0.1) is 0 Å². The van der Waals surface area contributed by atoms with Crippen molar-refractivity contribution in [1.82, 2.24) is 14.9 Å². The lowest BCUT2D eigenvalue weighted by Crippen LogP contribution is -2.49. The molecule has 0 spiro atoms. The standard InChI is InChI=1S/C26H28F2N4O/c1-17(2)24-29-18(3)22(16-20-6-4-5-7-23(20)28)25(30-24)31-12-14-32(15-13-31)26(33)19-8-10-21(27)11-9-19/h4-11,17H,12-16H2,1-3H3. The number of carbonyl (C=O) groups is 1. The maximum atomic E-state index is 14.4. The third kappa shape index (κ3) is 5.02. The minimum absolute atomic E-state index is 0.108. The molecule has 1 fully saturated rings. The van der Waals surface area contributed by atoms with Gasteiger partial charge in [0.1, 0.15) is 23.3 Å². The summed E-state index contributed by atoms with van der Waals surface area (Å²) in [6, 6.07) is 12.4. The Morgan fingerprint density at radius 1 is 0.970 bits per heavy atom. The molecule has 1 aliphatic rings. The molecule has 0 bridgehead atoms. The fourth-order valence-corrected chi connectivity index (χ4v) is 4.06. The van der Waals surface area contributed by atoms with E-state index in [1.54, 1.807) is 17.0 Å². The third-order valence-corrected chi connectivity index (χ3v) is 6.01. The number of carbonyl (C=O) groups excluding carboxylic acids is 1. The molecule has 5 nitrogen and oxygen atoms in total. The number of aromatic nitrogens is 2. The summed E-state index contributed by atoms with van der Waals surface area (Å²) < 4.78 is 27.6. The molecule has 0 saturated carbocycles. The van der Waals surface area contributed by atoms with E-state index in [9.17, 15) is 13.6 Å². The molecule has 0 N–H and O–H groups in total. The van der Waals surface area contributed by atoms with Crippen molar-refractivity contribution in [3.8, 4) is 0 Å². The van der Waals surface area contributed by atoms with Gasteiger partial charge in [0.25, 0.3) is 5.91 Å². The highest BCUT2D eigenvalue weighted by Crippen LogP contribution is 2.28. The molecule has 1 aromatic heterocycles. The van der Waals surface area contributed by atoms with E-state index in [0.29, 0.717) is 43.7 Å². The Morgan fingerprint density at radius 3 is 2.27 bits per heavy atom. The molecule has 0 atom stereocenters. The largest absolute Gasteiger partial charge is 0.353 e. The van der Waals surface area contributed by atoms with Gasteiger partial charge in [-0.05, 0) is 42.8 Å². The monoisotopic (exact) mass is 450 g/mol. The summed E-state index contributed by atoms with van der Waals surface area (Å²) in [4.78, 5) is 26.3. The van der Waals surface area contributed by atoms with E-state index in [0.717, 1.165) is 22.9 Å². The van der Waals surface area contributed by atoms with Crippen molar-refractivity contribution in [2.45, 2.75) is 33.1 Å². The fourth-order valence-electron chi connectivity index (χ4n) is 4.06. The van der Waals surface area contributed by atoms with Crippen LogP contribution in [0.2, 0.25) is 0 Å². The smallest absolute Gasteiger partial charge is 0.253 e. The quantitative estimate of drug-likeness (QED) is 0.564. The van der Waals surface area contributed by atoms with Gasteiger partial charge in [-0.1, -0.05) is 32.0 Å². The number of benzene rings is 2. The first-order valence-corrected chi connectivity index (χ1v) is 11.2. The first-order valence-electron chi connectivity index (χ1n) is 11.2. The second-order valence-electron chi connectivity index (χ2n) is 8.68. The molecule has 172 valence electrons. The predicted molar refractivity (Wildman–Crippen MR) is 125 cm³/mol. The topological polar surface area (TPSA) is 49.3 Å². The number of rotatable bonds is 5. The predicted octanol–water partition coefficient (Wildman–Crippen LogP) is 4.74. The van der Waals surface area contributed by atoms with Gasteiger partial charge in [0.05, 0.1) is 0 Å². The molecule has 33 heavy (non-hydrogen) atoms. The number of nitrogens with zero attached hydrogens (tertiary/aromatic N) is 4. The third-order valence-electron chi connectivity index (χ3n) is 6.01. The average molecular weight is 451 g/mol. The van der Waals surface area contributed by atoms with Crippen LogP contribution >= 0.6 is 0 Å². The Hall–Kier alpha value is -3.35. The van der Waals surface area contributed by atoms with Crippen LogP contribution in [0.5, 0.6) is 0 Å². The molecular weight excluding hydrogens is 422 g/mol. The number of piperazine rings is 1. The van der Waals surface area contributed by atoms with Crippen LogP contribution in [-0.4, -0.2) is 47.0 Å². The lowest BCUT2D eigenvalue weighted by atomic mass is 10.0. The Bertz CT molecular complexity index is 1140. The van der Waals surface area contributed by atoms with Crippen molar-refractivity contribution in [2.75, 3.05) is 31.1 Å². The second kappa shape index (κ2) is 9.65. The van der Waals surface area contributed by atoms with E-state index in [2.05, 4.69) is 9.88 Å². The van der Waals surface area contributed by atoms with Gasteiger partial charge >= 0.3 is 0 Å². The van der Waals surface area contributed by atoms with Gasteiger partial charge in [0.15, 0.2) is 0 Å². The van der Waals surface area contributed by atoms with Crippen LogP contribution in [0.4, 0.5) is 14.6 Å². The van der Waals surface area contributed by atoms with Crippen molar-refractivity contribution in [2.24, 2.45) is 0 Å². The Kier molecular flexibility index (Phi) is 6.67. The minimum Gasteiger partial charge on any atom is -0.353 e. The number of amides is 1. The summed E-state index contributed by atoms with van der Waals surface area (Å²) in [5.41, 5.74) is 2.83. The first-order chi connectivity index (χ1) is 15.8. The molecule has 1 saturated heterocycles. The number of halogens is 2. The molecule has 4 rings (SSSR count). The lowest BCUT2D eigenvalue weighted by Gasteiger charge is -2.36. The van der Waals surface area contributed by atoms with Crippen LogP contribution in [-0.2, 0) is 6.42 Å². The number of hydrogen-bond acceptors (Lipinski definition) is 4. The van der Waals surface area contributed by atoms with Crippen molar-refractivity contribution >= 4 is 11.7 Å². The molecule has 1 aliphatic heterocycles. The van der Waals surface area contributed by atoms with E-state index in [4.69, 9.17) is 4.98 Å². The van der Waals surface area contributed by atoms with Gasteiger partial charge in [-0.25, -0.2) is 18.7 Å². The molecule has 2 aromatic carbocycles. The van der Waals surface area contributed by atoms with Crippen LogP contribution in [0.1, 0.15) is 52.8 Å². The zero-order valence-corrected chi connectivity index (χ0v) is 19.2. The van der Waals surface area contributed by atoms with E-state index < -0.39 is 0 Å². The first kappa shape index (κ1) is 22.8. The van der Waals surface area contributed by atoms with Crippen LogP contribution in [0.25, 0.3) is 0 Å². The number of hydrogen-bond donors (Lipinski definition) is 0. The highest BCUT2D eigenvalue weighted by Gasteiger charge is 2.26. The summed E-state index contributed by atoms with van der Waals surface area (Å²) in [6.45, 7) is 8.30. The van der Waals surface area contributed by atoms with E-state index in [1.807, 2.05) is 26.8 Å². The zero-order valence-electron chi connectivity index (χ0n) is 19.2. The van der Waals surface area contributed by atoms with Crippen molar-refractivity contribution in [3.05, 3.63) is 88.4 Å². The summed E-state index contributed by atoms with van der Waals surface area (Å²) >= 11 is 0. The highest BCUT2D eigenvalue weighted by atomic mass is 19.1. The summed E-state index contributed by atoms with van der Waals surface area (Å²) in [7, 11) is 0. The Balaban J connectivity index is 1.58. The molecule has 7 heteroatoms. The van der Waals surface area contributed by atoms with Gasteiger partial charge in [0.2, 0.25) is 0 Å². The van der Waals surface area contributed by atoms with Crippen LogP contribution in [0, 0.1) is 18.6 Å². The second-order valence-corrected chi connectivity index (χ2v) is 8.68. The molecule has 3 aromatic rings. The summed E-state index contributed by atoms with van der Waals surface area (Å²) in [6.07, 6.45) is 0.404. The van der Waals surface area contributed by atoms with Crippen molar-refractivity contribution in [1.29, 1.82) is 0 Å². The van der Waals surface area contributed by atoms with Crippen molar-refractivity contribution < 1.29 is 13.6 Å². The zero-order chi connectivity index (χ0) is 23.5. The minimum atomic E-state index is -0.362. The maximum Gasteiger partial charge on any atom is 0.253 e. The van der Waals surface area contributed by atoms with Crippen LogP contribution in [0.3, 0.4) is 0 Å². The van der Waals surface area contributed by atoms with Crippen LogP contribution < -0.4 is 4.90 Å². The van der Waals surface area contributed by atoms with E-state index >= 15 is 0 Å². The molecular formula is C26H28F2N4O. The van der Waals surface area contributed by atoms with Gasteiger partial charge in [-0.2, -0.15) is 0 Å². The van der Waals surface area contributed by atoms with E-state index in [1.165, 1.54) is 30.3 Å².